The van der Waals surface area contributed by atoms with Crippen molar-refractivity contribution in [3.8, 4) is 5.88 Å². The zero-order chi connectivity index (χ0) is 28.6. The maximum atomic E-state index is 12.7. The number of nitrogens with zero attached hydrogens (tertiary/aromatic N) is 4. The minimum absolute atomic E-state index is 0.0878. The van der Waals surface area contributed by atoms with E-state index in [0.717, 1.165) is 38.5 Å². The number of unbranched alkanes of at least 4 members (excludes halogenated alkanes) is 12. The molecule has 0 bridgehead atoms. The molecule has 3 rings (SSSR count). The van der Waals surface area contributed by atoms with Crippen LogP contribution in [0.3, 0.4) is 0 Å². The van der Waals surface area contributed by atoms with Crippen LogP contribution in [0.2, 0.25) is 0 Å². The molecule has 0 radical (unpaired) electrons. The Morgan fingerprint density at radius 1 is 0.875 bits per heavy atom. The SMILES string of the molecule is CCCCCCCCCC(=O)OC[C@@H]1C[C@@H](OC(=O)CCCCCCCCC)[C@H](n2cnc3c(O)ncnc32)O1. The number of rotatable bonds is 20. The first-order valence-electron chi connectivity index (χ1n) is 15.4. The molecule has 1 aliphatic heterocycles. The Balaban J connectivity index is 1.51. The van der Waals surface area contributed by atoms with E-state index in [4.69, 9.17) is 14.2 Å². The van der Waals surface area contributed by atoms with E-state index in [-0.39, 0.29) is 29.9 Å². The van der Waals surface area contributed by atoms with Crippen LogP contribution in [0.1, 0.15) is 129 Å². The van der Waals surface area contributed by atoms with Crippen molar-refractivity contribution in [2.45, 2.75) is 141 Å². The molecule has 10 nitrogen and oxygen atoms in total. The standard InChI is InChI=1S/C30H48N4O6/c1-3-5-7-9-11-13-15-17-25(35)38-20-23-19-24(40-26(36)18-16-14-12-10-8-6-4-2)30(39-23)34-22-33-27-28(34)31-21-32-29(27)37/h21-24,30H,3-20H2,1-2H3,(H,31,32,37)/t23-,24+,30+/m0/s1. The van der Waals surface area contributed by atoms with Gasteiger partial charge in [0.15, 0.2) is 17.4 Å². The van der Waals surface area contributed by atoms with Gasteiger partial charge < -0.3 is 19.3 Å². The van der Waals surface area contributed by atoms with Crippen LogP contribution in [0.15, 0.2) is 12.7 Å². The van der Waals surface area contributed by atoms with Crippen LogP contribution in [-0.2, 0) is 23.8 Å². The van der Waals surface area contributed by atoms with Gasteiger partial charge in [-0.2, -0.15) is 4.98 Å². The van der Waals surface area contributed by atoms with E-state index in [1.54, 1.807) is 4.57 Å². The number of aromatic hydroxyl groups is 1. The fourth-order valence-electron chi connectivity index (χ4n) is 5.14. The van der Waals surface area contributed by atoms with Gasteiger partial charge in [0.1, 0.15) is 19.0 Å². The van der Waals surface area contributed by atoms with E-state index in [9.17, 15) is 14.7 Å². The van der Waals surface area contributed by atoms with Gasteiger partial charge in [-0.15, -0.1) is 0 Å². The molecular formula is C30H48N4O6. The number of hydrogen-bond donors (Lipinski definition) is 1. The summed E-state index contributed by atoms with van der Waals surface area (Å²) in [6.07, 6.45) is 17.9. The molecule has 0 aromatic carbocycles. The fraction of sp³-hybridized carbons (Fsp3) is 0.767. The Morgan fingerprint density at radius 3 is 2.12 bits per heavy atom. The zero-order valence-corrected chi connectivity index (χ0v) is 24.4. The Labute approximate surface area is 238 Å². The second-order valence-corrected chi connectivity index (χ2v) is 10.9. The minimum Gasteiger partial charge on any atom is -0.492 e. The molecule has 0 unspecified atom stereocenters. The Kier molecular flexibility index (Phi) is 14.2. The van der Waals surface area contributed by atoms with Crippen LogP contribution >= 0.6 is 0 Å². The molecule has 1 fully saturated rings. The third-order valence-electron chi connectivity index (χ3n) is 7.44. The van der Waals surface area contributed by atoms with E-state index in [2.05, 4.69) is 28.8 Å². The summed E-state index contributed by atoms with van der Waals surface area (Å²) in [5.74, 6) is -0.741. The highest BCUT2D eigenvalue weighted by atomic mass is 16.6. The van der Waals surface area contributed by atoms with Crippen LogP contribution in [0.5, 0.6) is 5.88 Å². The topological polar surface area (TPSA) is 126 Å². The van der Waals surface area contributed by atoms with Crippen molar-refractivity contribution >= 4 is 23.1 Å². The molecule has 224 valence electrons. The number of aromatic nitrogens is 4. The minimum atomic E-state index is -0.705. The van der Waals surface area contributed by atoms with Crippen LogP contribution in [0.4, 0.5) is 0 Å². The summed E-state index contributed by atoms with van der Waals surface area (Å²) in [5.41, 5.74) is 0.617. The lowest BCUT2D eigenvalue weighted by Gasteiger charge is -2.20. The predicted octanol–water partition coefficient (Wildman–Crippen LogP) is 6.56. The number of carbonyl (C=O) groups is 2. The van der Waals surface area contributed by atoms with Gasteiger partial charge in [0.25, 0.3) is 0 Å². The maximum Gasteiger partial charge on any atom is 0.306 e. The Bertz CT molecular complexity index is 1030. The van der Waals surface area contributed by atoms with Gasteiger partial charge >= 0.3 is 11.9 Å². The molecule has 1 aliphatic rings. The molecule has 0 aliphatic carbocycles. The van der Waals surface area contributed by atoms with Crippen molar-refractivity contribution in [2.24, 2.45) is 0 Å². The molecule has 3 heterocycles. The molecule has 0 spiro atoms. The van der Waals surface area contributed by atoms with Gasteiger partial charge in [-0.3, -0.25) is 14.2 Å². The molecule has 40 heavy (non-hydrogen) atoms. The molecular weight excluding hydrogens is 512 g/mol. The summed E-state index contributed by atoms with van der Waals surface area (Å²) < 4.78 is 19.2. The lowest BCUT2D eigenvalue weighted by Crippen LogP contribution is -2.25. The maximum absolute atomic E-state index is 12.7. The number of imidazole rings is 1. The van der Waals surface area contributed by atoms with Gasteiger partial charge in [0.2, 0.25) is 5.88 Å². The van der Waals surface area contributed by atoms with Crippen LogP contribution in [0.25, 0.3) is 11.2 Å². The number of carbonyl (C=O) groups excluding carboxylic acids is 2. The van der Waals surface area contributed by atoms with E-state index in [0.29, 0.717) is 24.9 Å². The molecule has 2 aromatic rings. The largest absolute Gasteiger partial charge is 0.492 e. The van der Waals surface area contributed by atoms with E-state index < -0.39 is 18.4 Å². The number of esters is 2. The van der Waals surface area contributed by atoms with Gasteiger partial charge in [-0.05, 0) is 12.8 Å². The Morgan fingerprint density at radius 2 is 1.48 bits per heavy atom. The summed E-state index contributed by atoms with van der Waals surface area (Å²) in [5, 5.41) is 10.1. The van der Waals surface area contributed by atoms with Crippen molar-refractivity contribution < 1.29 is 28.9 Å². The highest BCUT2D eigenvalue weighted by Gasteiger charge is 2.40. The molecule has 2 aromatic heterocycles. The third-order valence-corrected chi connectivity index (χ3v) is 7.44. The normalized spacial score (nSPS) is 18.8. The zero-order valence-electron chi connectivity index (χ0n) is 24.4. The van der Waals surface area contributed by atoms with Gasteiger partial charge in [0.05, 0.1) is 12.4 Å². The summed E-state index contributed by atoms with van der Waals surface area (Å²) in [6, 6.07) is 0. The quantitative estimate of drug-likeness (QED) is 0.142. The van der Waals surface area contributed by atoms with Gasteiger partial charge in [0, 0.05) is 19.3 Å². The smallest absolute Gasteiger partial charge is 0.306 e. The molecule has 3 atom stereocenters. The molecule has 10 heteroatoms. The second-order valence-electron chi connectivity index (χ2n) is 10.9. The van der Waals surface area contributed by atoms with Crippen LogP contribution < -0.4 is 0 Å². The molecule has 1 saturated heterocycles. The number of hydrogen-bond acceptors (Lipinski definition) is 9. The monoisotopic (exact) mass is 560 g/mol. The van der Waals surface area contributed by atoms with Crippen molar-refractivity contribution in [3.05, 3.63) is 12.7 Å². The van der Waals surface area contributed by atoms with Crippen molar-refractivity contribution in [3.63, 3.8) is 0 Å². The highest BCUT2D eigenvalue weighted by molar-refractivity contribution is 5.75. The van der Waals surface area contributed by atoms with Crippen LogP contribution in [0, 0.1) is 0 Å². The van der Waals surface area contributed by atoms with E-state index >= 15 is 0 Å². The summed E-state index contributed by atoms with van der Waals surface area (Å²) in [7, 11) is 0. The number of ether oxygens (including phenoxy) is 3. The first-order valence-corrected chi connectivity index (χ1v) is 15.4. The van der Waals surface area contributed by atoms with Crippen molar-refractivity contribution in [1.82, 2.24) is 19.5 Å². The average molecular weight is 561 g/mol. The summed E-state index contributed by atoms with van der Waals surface area (Å²) in [4.78, 5) is 37.3. The Hall–Kier alpha value is -2.75. The lowest BCUT2D eigenvalue weighted by molar-refractivity contribution is -0.155. The molecule has 1 N–H and O–H groups in total. The van der Waals surface area contributed by atoms with Gasteiger partial charge in [-0.25, -0.2) is 9.97 Å². The number of fused-ring (bicyclic) bond motifs is 1. The predicted molar refractivity (Wildman–Crippen MR) is 152 cm³/mol. The van der Waals surface area contributed by atoms with Crippen molar-refractivity contribution in [1.29, 1.82) is 0 Å². The average Bonchev–Trinajstić information content (AvgIpc) is 3.55. The van der Waals surface area contributed by atoms with E-state index in [1.165, 1.54) is 64.0 Å². The summed E-state index contributed by atoms with van der Waals surface area (Å²) in [6.45, 7) is 4.49. The van der Waals surface area contributed by atoms with Crippen LogP contribution in [-0.4, -0.2) is 55.4 Å². The summed E-state index contributed by atoms with van der Waals surface area (Å²) >= 11 is 0. The second kappa shape index (κ2) is 17.8. The molecule has 0 saturated carbocycles. The first-order chi connectivity index (χ1) is 19.5. The fourth-order valence-corrected chi connectivity index (χ4v) is 5.14. The van der Waals surface area contributed by atoms with E-state index in [1.807, 2.05) is 0 Å². The van der Waals surface area contributed by atoms with Crippen molar-refractivity contribution in [2.75, 3.05) is 6.61 Å². The molecule has 0 amide bonds. The van der Waals surface area contributed by atoms with Gasteiger partial charge in [-0.1, -0.05) is 90.9 Å². The first kappa shape index (κ1) is 31.8. The highest BCUT2D eigenvalue weighted by Crippen LogP contribution is 2.34. The lowest BCUT2D eigenvalue weighted by atomic mass is 10.1. The third kappa shape index (κ3) is 10.3.